The van der Waals surface area contributed by atoms with Crippen molar-refractivity contribution >= 4 is 5.97 Å². The minimum absolute atomic E-state index is 0.163. The van der Waals surface area contributed by atoms with Crippen molar-refractivity contribution in [1.82, 2.24) is 4.90 Å². The van der Waals surface area contributed by atoms with Gasteiger partial charge in [-0.15, -0.1) is 0 Å². The molecule has 1 aromatic rings. The van der Waals surface area contributed by atoms with Gasteiger partial charge in [0, 0.05) is 6.54 Å². The van der Waals surface area contributed by atoms with Crippen LogP contribution in [0.3, 0.4) is 0 Å². The van der Waals surface area contributed by atoms with Crippen LogP contribution >= 0.6 is 0 Å². The highest BCUT2D eigenvalue weighted by molar-refractivity contribution is 5.71. The van der Waals surface area contributed by atoms with E-state index >= 15 is 0 Å². The summed E-state index contributed by atoms with van der Waals surface area (Å²) in [6.07, 6.45) is 0. The van der Waals surface area contributed by atoms with E-state index in [4.69, 9.17) is 5.73 Å². The van der Waals surface area contributed by atoms with Crippen LogP contribution in [0, 0.1) is 0 Å². The topological polar surface area (TPSA) is 55.6 Å². The van der Waals surface area contributed by atoms with Gasteiger partial charge in [-0.25, -0.2) is 0 Å². The van der Waals surface area contributed by atoms with E-state index in [1.54, 1.807) is 0 Å². The first-order valence-electron chi connectivity index (χ1n) is 6.21. The molecule has 0 aliphatic heterocycles. The molecule has 0 radical (unpaired) electrons. The molecule has 0 atom stereocenters. The summed E-state index contributed by atoms with van der Waals surface area (Å²) in [7, 11) is 1.41. The van der Waals surface area contributed by atoms with Crippen LogP contribution in [0.4, 0.5) is 0 Å². The maximum atomic E-state index is 10.7. The van der Waals surface area contributed by atoms with Gasteiger partial charge in [-0.2, -0.15) is 0 Å². The van der Waals surface area contributed by atoms with Gasteiger partial charge in [0.2, 0.25) is 0 Å². The van der Waals surface area contributed by atoms with Gasteiger partial charge in [-0.1, -0.05) is 44.2 Å². The summed E-state index contributed by atoms with van der Waals surface area (Å²) in [5, 5.41) is 0. The molecule has 4 nitrogen and oxygen atoms in total. The summed E-state index contributed by atoms with van der Waals surface area (Å²) >= 11 is 0. The lowest BCUT2D eigenvalue weighted by atomic mass is 10.2. The van der Waals surface area contributed by atoms with E-state index in [1.165, 1.54) is 12.7 Å². The van der Waals surface area contributed by atoms with Crippen molar-refractivity contribution in [3.05, 3.63) is 35.9 Å². The van der Waals surface area contributed by atoms with Crippen molar-refractivity contribution < 1.29 is 9.53 Å². The van der Waals surface area contributed by atoms with Crippen LogP contribution in [0.2, 0.25) is 0 Å². The van der Waals surface area contributed by atoms with Gasteiger partial charge < -0.3 is 10.5 Å². The molecule has 1 rings (SSSR count). The highest BCUT2D eigenvalue weighted by Crippen LogP contribution is 1.94. The number of benzene rings is 1. The lowest BCUT2D eigenvalue weighted by Crippen LogP contribution is -2.29. The molecule has 18 heavy (non-hydrogen) atoms. The Balaban J connectivity index is 0.000000327. The molecule has 2 N–H and O–H groups in total. The highest BCUT2D eigenvalue weighted by Gasteiger charge is 2.05. The van der Waals surface area contributed by atoms with Crippen LogP contribution in [-0.2, 0) is 16.1 Å². The Kier molecular flexibility index (Phi) is 9.91. The van der Waals surface area contributed by atoms with Crippen molar-refractivity contribution in [3.63, 3.8) is 0 Å². The van der Waals surface area contributed by atoms with Crippen LogP contribution in [0.5, 0.6) is 0 Å². The van der Waals surface area contributed by atoms with E-state index < -0.39 is 0 Å². The van der Waals surface area contributed by atoms with Gasteiger partial charge in [0.1, 0.15) is 0 Å². The third kappa shape index (κ3) is 7.81. The fourth-order valence-corrected chi connectivity index (χ4v) is 1.31. The Morgan fingerprint density at radius 2 is 1.78 bits per heavy atom. The van der Waals surface area contributed by atoms with Crippen LogP contribution in [0.1, 0.15) is 19.4 Å². The van der Waals surface area contributed by atoms with Gasteiger partial charge in [0.05, 0.1) is 13.7 Å². The number of ether oxygens (including phenoxy) is 1. The molecule has 0 aliphatic carbocycles. The molecule has 0 aliphatic rings. The van der Waals surface area contributed by atoms with Crippen molar-refractivity contribution in [2.45, 2.75) is 20.4 Å². The van der Waals surface area contributed by atoms with Gasteiger partial charge in [-0.05, 0) is 18.7 Å². The predicted molar refractivity (Wildman–Crippen MR) is 74.1 cm³/mol. The summed E-state index contributed by atoms with van der Waals surface area (Å²) in [5.41, 5.74) is 6.54. The van der Waals surface area contributed by atoms with E-state index in [2.05, 4.69) is 4.74 Å². The molecular formula is C14H24N2O2. The first kappa shape index (κ1) is 16.6. The standard InChI is InChI=1S/C7H15NO2.C7H9N/c1-4-8(5-2)6-7(9)10-3;8-6-7-4-2-1-3-5-7/h4-6H2,1-3H3;1-5H,6,8H2. The number of methoxy groups -OCH3 is 1. The van der Waals surface area contributed by atoms with Gasteiger partial charge in [-0.3, -0.25) is 9.69 Å². The van der Waals surface area contributed by atoms with E-state index in [0.717, 1.165) is 13.1 Å². The summed E-state index contributed by atoms with van der Waals surface area (Å²) in [6, 6.07) is 9.99. The molecule has 0 saturated carbocycles. The smallest absolute Gasteiger partial charge is 0.319 e. The molecule has 0 amide bonds. The second-order valence-electron chi connectivity index (χ2n) is 3.73. The third-order valence-electron chi connectivity index (χ3n) is 2.55. The quantitative estimate of drug-likeness (QED) is 0.810. The average Bonchev–Trinajstić information content (AvgIpc) is 2.45. The average molecular weight is 252 g/mol. The Labute approximate surface area is 110 Å². The molecule has 0 bridgehead atoms. The molecule has 102 valence electrons. The van der Waals surface area contributed by atoms with Crippen LogP contribution < -0.4 is 5.73 Å². The van der Waals surface area contributed by atoms with Crippen molar-refractivity contribution in [2.75, 3.05) is 26.7 Å². The number of nitrogens with zero attached hydrogens (tertiary/aromatic N) is 1. The highest BCUT2D eigenvalue weighted by atomic mass is 16.5. The number of carbonyl (C=O) groups is 1. The minimum atomic E-state index is -0.163. The second-order valence-corrected chi connectivity index (χ2v) is 3.73. The number of likely N-dealkylation sites (N-methyl/N-ethyl adjacent to an activating group) is 1. The normalized spacial score (nSPS) is 9.61. The summed E-state index contributed by atoms with van der Waals surface area (Å²) < 4.78 is 4.50. The molecule has 0 spiro atoms. The summed E-state index contributed by atoms with van der Waals surface area (Å²) in [5.74, 6) is -0.163. The molecule has 1 aromatic carbocycles. The molecule has 0 aromatic heterocycles. The van der Waals surface area contributed by atoms with Crippen molar-refractivity contribution in [1.29, 1.82) is 0 Å². The van der Waals surface area contributed by atoms with E-state index in [9.17, 15) is 4.79 Å². The zero-order chi connectivity index (χ0) is 13.8. The maximum Gasteiger partial charge on any atom is 0.319 e. The zero-order valence-electron chi connectivity index (χ0n) is 11.6. The van der Waals surface area contributed by atoms with Crippen LogP contribution in [-0.4, -0.2) is 37.6 Å². The number of rotatable bonds is 5. The Morgan fingerprint density at radius 3 is 2.11 bits per heavy atom. The van der Waals surface area contributed by atoms with Crippen molar-refractivity contribution in [3.8, 4) is 0 Å². The molecule has 0 heterocycles. The molecule has 0 fully saturated rings. The Hall–Kier alpha value is -1.39. The lowest BCUT2D eigenvalue weighted by molar-refractivity contribution is -0.141. The summed E-state index contributed by atoms with van der Waals surface area (Å²) in [6.45, 7) is 6.88. The molecule has 0 saturated heterocycles. The largest absolute Gasteiger partial charge is 0.468 e. The molecule has 4 heteroatoms. The fourth-order valence-electron chi connectivity index (χ4n) is 1.31. The Bertz CT molecular complexity index is 311. The number of hydrogen-bond acceptors (Lipinski definition) is 4. The number of nitrogens with two attached hydrogens (primary N) is 1. The summed E-state index contributed by atoms with van der Waals surface area (Å²) in [4.78, 5) is 12.7. The minimum Gasteiger partial charge on any atom is -0.468 e. The van der Waals surface area contributed by atoms with E-state index in [0.29, 0.717) is 13.1 Å². The SMILES string of the molecule is CCN(CC)CC(=O)OC.NCc1ccccc1. The third-order valence-corrected chi connectivity index (χ3v) is 2.55. The first-order chi connectivity index (χ1) is 8.67. The predicted octanol–water partition coefficient (Wildman–Crippen LogP) is 1.65. The van der Waals surface area contributed by atoms with Gasteiger partial charge in [0.15, 0.2) is 0 Å². The number of carbonyl (C=O) groups excluding carboxylic acids is 1. The lowest BCUT2D eigenvalue weighted by Gasteiger charge is -2.15. The Morgan fingerprint density at radius 1 is 1.22 bits per heavy atom. The first-order valence-corrected chi connectivity index (χ1v) is 6.21. The fraction of sp³-hybridized carbons (Fsp3) is 0.500. The number of hydrogen-bond donors (Lipinski definition) is 1. The molecule has 0 unspecified atom stereocenters. The number of esters is 1. The monoisotopic (exact) mass is 252 g/mol. The van der Waals surface area contributed by atoms with E-state index in [1.807, 2.05) is 49.1 Å². The van der Waals surface area contributed by atoms with Gasteiger partial charge >= 0.3 is 5.97 Å². The van der Waals surface area contributed by atoms with Gasteiger partial charge in [0.25, 0.3) is 0 Å². The van der Waals surface area contributed by atoms with E-state index in [-0.39, 0.29) is 5.97 Å². The molecular weight excluding hydrogens is 228 g/mol. The van der Waals surface area contributed by atoms with Crippen molar-refractivity contribution in [2.24, 2.45) is 5.73 Å². The maximum absolute atomic E-state index is 10.7. The van der Waals surface area contributed by atoms with Crippen LogP contribution in [0.25, 0.3) is 0 Å². The van der Waals surface area contributed by atoms with Crippen LogP contribution in [0.15, 0.2) is 30.3 Å². The zero-order valence-corrected chi connectivity index (χ0v) is 11.6. The second kappa shape index (κ2) is 10.7.